The summed E-state index contributed by atoms with van der Waals surface area (Å²) in [5, 5.41) is 3.27. The van der Waals surface area contributed by atoms with Crippen LogP contribution in [0, 0.1) is 5.92 Å². The molecule has 2 heterocycles. The number of benzene rings is 1. The highest BCUT2D eigenvalue weighted by molar-refractivity contribution is 5.93. The van der Waals surface area contributed by atoms with Crippen LogP contribution in [0.5, 0.6) is 0 Å². The Labute approximate surface area is 161 Å². The number of nitrogens with one attached hydrogen (secondary N) is 1. The smallest absolute Gasteiger partial charge is 0.272 e. The van der Waals surface area contributed by atoms with E-state index in [0.717, 1.165) is 44.7 Å². The first-order chi connectivity index (χ1) is 13.1. The summed E-state index contributed by atoms with van der Waals surface area (Å²) in [7, 11) is 0. The zero-order valence-corrected chi connectivity index (χ0v) is 16.5. The molecule has 0 aliphatic carbocycles. The number of amides is 1. The van der Waals surface area contributed by atoms with E-state index >= 15 is 0 Å². The van der Waals surface area contributed by atoms with Gasteiger partial charge in [0.25, 0.3) is 5.91 Å². The molecule has 1 amide bonds. The molecule has 0 atom stereocenters. The van der Waals surface area contributed by atoms with Crippen LogP contribution in [0.2, 0.25) is 0 Å². The lowest BCUT2D eigenvalue weighted by molar-refractivity contribution is 0.0691. The van der Waals surface area contributed by atoms with Crippen molar-refractivity contribution in [1.29, 1.82) is 0 Å². The Morgan fingerprint density at radius 2 is 1.81 bits per heavy atom. The van der Waals surface area contributed by atoms with Gasteiger partial charge >= 0.3 is 0 Å². The van der Waals surface area contributed by atoms with Crippen LogP contribution < -0.4 is 10.2 Å². The molecule has 0 saturated carbocycles. The van der Waals surface area contributed by atoms with E-state index in [9.17, 15) is 4.79 Å². The third kappa shape index (κ3) is 4.76. The zero-order chi connectivity index (χ0) is 19.2. The molecule has 6 nitrogen and oxygen atoms in total. The molecular formula is C21H29N5O. The van der Waals surface area contributed by atoms with Gasteiger partial charge in [0, 0.05) is 43.6 Å². The van der Waals surface area contributed by atoms with Crippen LogP contribution in [0.15, 0.2) is 36.7 Å². The van der Waals surface area contributed by atoms with E-state index in [2.05, 4.69) is 53.1 Å². The number of hydrogen-bond acceptors (Lipinski definition) is 5. The van der Waals surface area contributed by atoms with Crippen molar-refractivity contribution < 1.29 is 4.79 Å². The maximum atomic E-state index is 12.7. The Hall–Kier alpha value is -2.63. The van der Waals surface area contributed by atoms with Crippen molar-refractivity contribution in [3.63, 3.8) is 0 Å². The number of anilines is 3. The average Bonchev–Trinajstić information content (AvgIpc) is 2.70. The van der Waals surface area contributed by atoms with E-state index in [1.807, 2.05) is 17.0 Å². The highest BCUT2D eigenvalue weighted by Crippen LogP contribution is 2.21. The van der Waals surface area contributed by atoms with E-state index in [0.29, 0.717) is 17.4 Å². The van der Waals surface area contributed by atoms with Gasteiger partial charge in [0.15, 0.2) is 0 Å². The quantitative estimate of drug-likeness (QED) is 0.838. The molecule has 1 aliphatic rings. The molecule has 3 rings (SSSR count). The highest BCUT2D eigenvalue weighted by atomic mass is 16.2. The minimum atomic E-state index is -0.00997. The van der Waals surface area contributed by atoms with E-state index in [-0.39, 0.29) is 5.91 Å². The van der Waals surface area contributed by atoms with Gasteiger partial charge in [-0.1, -0.05) is 6.92 Å². The molecular weight excluding hydrogens is 338 g/mol. The fourth-order valence-corrected chi connectivity index (χ4v) is 3.41. The largest absolute Gasteiger partial charge is 0.372 e. The van der Waals surface area contributed by atoms with Gasteiger partial charge in [0.1, 0.15) is 17.8 Å². The van der Waals surface area contributed by atoms with Crippen LogP contribution in [0.3, 0.4) is 0 Å². The van der Waals surface area contributed by atoms with E-state index in [1.165, 1.54) is 12.0 Å². The van der Waals surface area contributed by atoms with Crippen LogP contribution >= 0.6 is 0 Å². The number of carbonyl (C=O) groups is 1. The number of likely N-dealkylation sites (tertiary alicyclic amines) is 1. The molecule has 0 unspecified atom stereocenters. The molecule has 27 heavy (non-hydrogen) atoms. The molecule has 1 aliphatic heterocycles. The van der Waals surface area contributed by atoms with Crippen molar-refractivity contribution in [2.45, 2.75) is 33.6 Å². The van der Waals surface area contributed by atoms with E-state index < -0.39 is 0 Å². The van der Waals surface area contributed by atoms with Gasteiger partial charge in [-0.05, 0) is 56.9 Å². The first-order valence-electron chi connectivity index (χ1n) is 9.84. The van der Waals surface area contributed by atoms with Gasteiger partial charge < -0.3 is 15.1 Å². The van der Waals surface area contributed by atoms with Crippen LogP contribution in [-0.2, 0) is 0 Å². The number of hydrogen-bond donors (Lipinski definition) is 1. The summed E-state index contributed by atoms with van der Waals surface area (Å²) >= 11 is 0. The average molecular weight is 367 g/mol. The van der Waals surface area contributed by atoms with Crippen molar-refractivity contribution in [2.75, 3.05) is 36.4 Å². The van der Waals surface area contributed by atoms with E-state index in [1.54, 1.807) is 6.07 Å². The number of aromatic nitrogens is 2. The number of carbonyl (C=O) groups excluding carboxylic acids is 1. The van der Waals surface area contributed by atoms with Crippen molar-refractivity contribution in [3.8, 4) is 0 Å². The topological polar surface area (TPSA) is 61.4 Å². The van der Waals surface area contributed by atoms with Crippen molar-refractivity contribution in [2.24, 2.45) is 5.92 Å². The van der Waals surface area contributed by atoms with Crippen molar-refractivity contribution in [3.05, 3.63) is 42.4 Å². The molecule has 1 fully saturated rings. The van der Waals surface area contributed by atoms with Crippen LogP contribution in [0.4, 0.5) is 17.2 Å². The monoisotopic (exact) mass is 367 g/mol. The fraction of sp³-hybridized carbons (Fsp3) is 0.476. The first kappa shape index (κ1) is 19.1. The zero-order valence-electron chi connectivity index (χ0n) is 16.5. The summed E-state index contributed by atoms with van der Waals surface area (Å²) in [5.74, 6) is 1.31. The fourth-order valence-electron chi connectivity index (χ4n) is 3.41. The normalized spacial score (nSPS) is 14.9. The summed E-state index contributed by atoms with van der Waals surface area (Å²) in [6, 6.07) is 9.99. The summed E-state index contributed by atoms with van der Waals surface area (Å²) in [5.41, 5.74) is 2.58. The minimum Gasteiger partial charge on any atom is -0.372 e. The Kier molecular flexibility index (Phi) is 6.27. The maximum Gasteiger partial charge on any atom is 0.272 e. The Bertz CT molecular complexity index is 749. The summed E-state index contributed by atoms with van der Waals surface area (Å²) in [6.45, 7) is 10.1. The Balaban J connectivity index is 1.68. The lowest BCUT2D eigenvalue weighted by Crippen LogP contribution is -2.38. The van der Waals surface area contributed by atoms with Gasteiger partial charge in [0.05, 0.1) is 0 Å². The number of nitrogens with zero attached hydrogens (tertiary/aromatic N) is 4. The number of rotatable bonds is 6. The molecule has 2 aromatic rings. The van der Waals surface area contributed by atoms with Gasteiger partial charge in [-0.2, -0.15) is 0 Å². The van der Waals surface area contributed by atoms with Crippen molar-refractivity contribution >= 4 is 23.1 Å². The number of piperidine rings is 1. The third-order valence-electron chi connectivity index (χ3n) is 5.23. The second-order valence-corrected chi connectivity index (χ2v) is 7.11. The standard InChI is InChI=1S/C21H29N5O/c1-4-25(5-2)18-8-6-17(7-9-18)24-20-14-19(22-15-23-20)21(27)26-12-10-16(3)11-13-26/h6-9,14-16H,4-5,10-13H2,1-3H3,(H,22,23,24). The second kappa shape index (κ2) is 8.84. The molecule has 1 aromatic carbocycles. The summed E-state index contributed by atoms with van der Waals surface area (Å²) in [6.07, 6.45) is 3.56. The highest BCUT2D eigenvalue weighted by Gasteiger charge is 2.22. The van der Waals surface area contributed by atoms with Gasteiger partial charge in [0.2, 0.25) is 0 Å². The lowest BCUT2D eigenvalue weighted by atomic mass is 9.99. The Morgan fingerprint density at radius 1 is 1.15 bits per heavy atom. The van der Waals surface area contributed by atoms with Gasteiger partial charge in [-0.25, -0.2) is 9.97 Å². The summed E-state index contributed by atoms with van der Waals surface area (Å²) in [4.78, 5) is 25.3. The second-order valence-electron chi connectivity index (χ2n) is 7.11. The Morgan fingerprint density at radius 3 is 2.44 bits per heavy atom. The molecule has 0 bridgehead atoms. The third-order valence-corrected chi connectivity index (χ3v) is 5.23. The lowest BCUT2D eigenvalue weighted by Gasteiger charge is -2.30. The molecule has 1 aromatic heterocycles. The van der Waals surface area contributed by atoms with Gasteiger partial charge in [-0.15, -0.1) is 0 Å². The molecule has 144 valence electrons. The molecule has 1 N–H and O–H groups in total. The molecule has 1 saturated heterocycles. The van der Waals surface area contributed by atoms with Crippen LogP contribution in [0.1, 0.15) is 44.1 Å². The minimum absolute atomic E-state index is 0.00997. The van der Waals surface area contributed by atoms with Gasteiger partial charge in [-0.3, -0.25) is 4.79 Å². The molecule has 6 heteroatoms. The van der Waals surface area contributed by atoms with E-state index in [4.69, 9.17) is 0 Å². The first-order valence-corrected chi connectivity index (χ1v) is 9.84. The predicted molar refractivity (Wildman–Crippen MR) is 110 cm³/mol. The van der Waals surface area contributed by atoms with Crippen LogP contribution in [0.25, 0.3) is 0 Å². The maximum absolute atomic E-state index is 12.7. The van der Waals surface area contributed by atoms with Crippen LogP contribution in [-0.4, -0.2) is 47.0 Å². The molecule has 0 spiro atoms. The summed E-state index contributed by atoms with van der Waals surface area (Å²) < 4.78 is 0. The molecule has 0 radical (unpaired) electrons. The SMILES string of the molecule is CCN(CC)c1ccc(Nc2cc(C(=O)N3CCC(C)CC3)ncn2)cc1. The predicted octanol–water partition coefficient (Wildman–Crippen LogP) is 3.94. The van der Waals surface area contributed by atoms with Crippen molar-refractivity contribution in [1.82, 2.24) is 14.9 Å².